The van der Waals surface area contributed by atoms with Crippen molar-refractivity contribution in [3.05, 3.63) is 0 Å². The van der Waals surface area contributed by atoms with Gasteiger partial charge in [-0.1, -0.05) is 286 Å². The molecule has 0 rings (SSSR count). The molecule has 0 fully saturated rings. The lowest BCUT2D eigenvalue weighted by atomic mass is 10.00. The number of ether oxygens (including phenoxy) is 4. The Morgan fingerprint density at radius 2 is 0.593 bits per heavy atom. The summed E-state index contributed by atoms with van der Waals surface area (Å²) in [7, 11) is -9.89. The number of hydrogen-bond donors (Lipinski definition) is 3. The van der Waals surface area contributed by atoms with Gasteiger partial charge >= 0.3 is 39.5 Å². The van der Waals surface area contributed by atoms with E-state index in [9.17, 15) is 43.2 Å². The molecule has 3 N–H and O–H groups in total. The molecule has 86 heavy (non-hydrogen) atoms. The fourth-order valence-corrected chi connectivity index (χ4v) is 11.6. The van der Waals surface area contributed by atoms with Crippen molar-refractivity contribution in [2.75, 3.05) is 39.6 Å². The average molecular weight is 1270 g/mol. The van der Waals surface area contributed by atoms with Gasteiger partial charge in [-0.15, -0.1) is 0 Å². The van der Waals surface area contributed by atoms with Gasteiger partial charge in [-0.25, -0.2) is 9.13 Å². The number of carbonyl (C=O) groups excluding carboxylic acids is 4. The second-order valence-corrected chi connectivity index (χ2v) is 27.8. The van der Waals surface area contributed by atoms with Crippen molar-refractivity contribution in [2.45, 2.75) is 355 Å². The quantitative estimate of drug-likeness (QED) is 0.0222. The molecule has 0 saturated heterocycles. The molecule has 19 heteroatoms. The molecule has 0 saturated carbocycles. The standard InChI is InChI=1S/C67H130O17P2/c1-7-10-12-14-16-18-20-21-22-27-31-38-44-50-65(70)77-55-62(83-66(71)51-45-39-32-28-24-23-25-29-35-41-47-59(4)5)57-81-85(73,74)79-53-61(68)54-80-86(75,76)82-58-63(84-67(72)52-46-40-34-33-36-42-48-60(6)9-3)56-78-64(69)49-43-37-30-26-19-17-15-13-11-8-2/h59-63,68H,7-58H2,1-6H3,(H,73,74)(H,75,76)/t60?,61-,62-,63-/m1/s1. The number of unbranched alkanes of at least 4 members (excludes halogenated alkanes) is 35. The van der Waals surface area contributed by atoms with Crippen LogP contribution in [0.1, 0.15) is 337 Å². The molecule has 6 atom stereocenters. The molecule has 0 aromatic rings. The van der Waals surface area contributed by atoms with Gasteiger partial charge in [0.1, 0.15) is 19.3 Å². The van der Waals surface area contributed by atoms with Gasteiger partial charge in [0.15, 0.2) is 12.2 Å². The second-order valence-electron chi connectivity index (χ2n) is 24.9. The van der Waals surface area contributed by atoms with E-state index in [1.54, 1.807) is 0 Å². The van der Waals surface area contributed by atoms with Crippen LogP contribution in [0.25, 0.3) is 0 Å². The van der Waals surface area contributed by atoms with Crippen LogP contribution in [0.4, 0.5) is 0 Å². The number of phosphoric ester groups is 2. The zero-order chi connectivity index (χ0) is 63.6. The molecule has 0 aliphatic heterocycles. The molecule has 0 aliphatic rings. The van der Waals surface area contributed by atoms with E-state index in [-0.39, 0.29) is 25.7 Å². The van der Waals surface area contributed by atoms with Gasteiger partial charge in [-0.3, -0.25) is 37.3 Å². The van der Waals surface area contributed by atoms with Gasteiger partial charge in [-0.05, 0) is 37.5 Å². The van der Waals surface area contributed by atoms with Crippen molar-refractivity contribution in [1.82, 2.24) is 0 Å². The topological polar surface area (TPSA) is 237 Å². The first kappa shape index (κ1) is 84.1. The first-order valence-electron chi connectivity index (χ1n) is 35.0. The summed E-state index contributed by atoms with van der Waals surface area (Å²) in [6, 6.07) is 0. The molecule has 510 valence electrons. The van der Waals surface area contributed by atoms with Crippen LogP contribution in [0.5, 0.6) is 0 Å². The van der Waals surface area contributed by atoms with Crippen LogP contribution in [0.15, 0.2) is 0 Å². The highest BCUT2D eigenvalue weighted by molar-refractivity contribution is 7.47. The summed E-state index contributed by atoms with van der Waals surface area (Å²) in [6.45, 7) is 9.46. The zero-order valence-corrected chi connectivity index (χ0v) is 57.4. The van der Waals surface area contributed by atoms with Crippen molar-refractivity contribution in [3.8, 4) is 0 Å². The van der Waals surface area contributed by atoms with Crippen LogP contribution in [0.2, 0.25) is 0 Å². The van der Waals surface area contributed by atoms with Crippen LogP contribution < -0.4 is 0 Å². The molecule has 17 nitrogen and oxygen atoms in total. The van der Waals surface area contributed by atoms with Crippen molar-refractivity contribution >= 4 is 39.5 Å². The molecule has 0 amide bonds. The number of aliphatic hydroxyl groups excluding tert-OH is 1. The lowest BCUT2D eigenvalue weighted by Gasteiger charge is -2.21. The molecule has 0 bridgehead atoms. The summed E-state index contributed by atoms with van der Waals surface area (Å²) in [6.07, 6.45) is 43.0. The van der Waals surface area contributed by atoms with E-state index in [2.05, 4.69) is 41.5 Å². The SMILES string of the molecule is CCCCCCCCCCCCCCCC(=O)OC[C@H](COP(=O)(O)OC[C@@H](O)COP(=O)(O)OC[C@@H](COC(=O)CCCCCCCCCCCC)OC(=O)CCCCCCCCC(C)CC)OC(=O)CCCCCCCCCCCCC(C)C. The Morgan fingerprint density at radius 1 is 0.337 bits per heavy atom. The second kappa shape index (κ2) is 59.4. The van der Waals surface area contributed by atoms with Gasteiger partial charge in [0.2, 0.25) is 0 Å². The van der Waals surface area contributed by atoms with Crippen LogP contribution in [-0.2, 0) is 65.4 Å². The first-order chi connectivity index (χ1) is 41.4. The van der Waals surface area contributed by atoms with Gasteiger partial charge in [-0.2, -0.15) is 0 Å². The maximum Gasteiger partial charge on any atom is 0.472 e. The smallest absolute Gasteiger partial charge is 0.462 e. The summed E-state index contributed by atoms with van der Waals surface area (Å²) in [4.78, 5) is 72.4. The molecule has 0 aromatic carbocycles. The van der Waals surface area contributed by atoms with Crippen LogP contribution >= 0.6 is 15.6 Å². The minimum atomic E-state index is -4.95. The molecule has 0 aliphatic carbocycles. The van der Waals surface area contributed by atoms with Gasteiger partial charge < -0.3 is 33.8 Å². The molecular formula is C67H130O17P2. The van der Waals surface area contributed by atoms with Crippen LogP contribution in [0, 0.1) is 11.8 Å². The number of rotatable bonds is 66. The summed E-state index contributed by atoms with van der Waals surface area (Å²) < 4.78 is 68.1. The van der Waals surface area contributed by atoms with Crippen molar-refractivity contribution < 1.29 is 80.2 Å². The van der Waals surface area contributed by atoms with Gasteiger partial charge in [0.05, 0.1) is 26.4 Å². The van der Waals surface area contributed by atoms with E-state index in [1.807, 2.05) is 0 Å². The number of esters is 4. The Hall–Kier alpha value is -1.94. The Balaban J connectivity index is 5.25. The molecule has 0 spiro atoms. The summed E-state index contributed by atoms with van der Waals surface area (Å²) >= 11 is 0. The molecule has 3 unspecified atom stereocenters. The first-order valence-corrected chi connectivity index (χ1v) is 38.0. The highest BCUT2D eigenvalue weighted by Gasteiger charge is 2.30. The minimum Gasteiger partial charge on any atom is -0.462 e. The fourth-order valence-electron chi connectivity index (χ4n) is 10.0. The molecular weight excluding hydrogens is 1140 g/mol. The summed E-state index contributed by atoms with van der Waals surface area (Å²) in [5, 5.41) is 10.6. The minimum absolute atomic E-state index is 0.103. The Morgan fingerprint density at radius 3 is 0.884 bits per heavy atom. The van der Waals surface area contributed by atoms with Gasteiger partial charge in [0, 0.05) is 25.7 Å². The fraction of sp³-hybridized carbons (Fsp3) is 0.940. The monoisotopic (exact) mass is 1270 g/mol. The van der Waals surface area contributed by atoms with E-state index in [0.717, 1.165) is 102 Å². The van der Waals surface area contributed by atoms with Crippen molar-refractivity contribution in [1.29, 1.82) is 0 Å². The maximum atomic E-state index is 13.0. The van der Waals surface area contributed by atoms with E-state index in [0.29, 0.717) is 25.7 Å². The third-order valence-corrected chi connectivity index (χ3v) is 17.7. The number of aliphatic hydroxyl groups is 1. The number of carbonyl (C=O) groups is 4. The third-order valence-electron chi connectivity index (χ3n) is 15.8. The maximum absolute atomic E-state index is 13.0. The molecule has 0 radical (unpaired) electrons. The Labute approximate surface area is 524 Å². The molecule has 0 aromatic heterocycles. The predicted octanol–water partition coefficient (Wildman–Crippen LogP) is 18.8. The predicted molar refractivity (Wildman–Crippen MR) is 345 cm³/mol. The highest BCUT2D eigenvalue weighted by Crippen LogP contribution is 2.45. The number of hydrogen-bond acceptors (Lipinski definition) is 15. The van der Waals surface area contributed by atoms with Crippen LogP contribution in [0.3, 0.4) is 0 Å². The lowest BCUT2D eigenvalue weighted by Crippen LogP contribution is -2.30. The molecule has 0 heterocycles. The van der Waals surface area contributed by atoms with Crippen molar-refractivity contribution in [3.63, 3.8) is 0 Å². The van der Waals surface area contributed by atoms with Gasteiger partial charge in [0.25, 0.3) is 0 Å². The normalized spacial score (nSPS) is 14.5. The van der Waals surface area contributed by atoms with E-state index >= 15 is 0 Å². The van der Waals surface area contributed by atoms with E-state index < -0.39 is 97.5 Å². The van der Waals surface area contributed by atoms with Crippen LogP contribution in [-0.4, -0.2) is 96.7 Å². The highest BCUT2D eigenvalue weighted by atomic mass is 31.2. The lowest BCUT2D eigenvalue weighted by molar-refractivity contribution is -0.161. The zero-order valence-electron chi connectivity index (χ0n) is 55.6. The summed E-state index contributed by atoms with van der Waals surface area (Å²) in [5.41, 5.74) is 0. The Bertz CT molecular complexity index is 1690. The number of phosphoric acid groups is 2. The summed E-state index contributed by atoms with van der Waals surface area (Å²) in [5.74, 6) is -0.658. The average Bonchev–Trinajstić information content (AvgIpc) is 3.70. The van der Waals surface area contributed by atoms with E-state index in [1.165, 1.54) is 154 Å². The third kappa shape index (κ3) is 59.7. The van der Waals surface area contributed by atoms with Crippen molar-refractivity contribution in [2.24, 2.45) is 11.8 Å². The largest absolute Gasteiger partial charge is 0.472 e. The van der Waals surface area contributed by atoms with E-state index in [4.69, 9.17) is 37.0 Å². The Kier molecular flexibility index (Phi) is 58.0.